The van der Waals surface area contributed by atoms with E-state index in [1.165, 1.54) is 0 Å². The van der Waals surface area contributed by atoms with Crippen molar-refractivity contribution >= 4 is 16.6 Å². The molecule has 4 nitrogen and oxygen atoms in total. The molecule has 0 heterocycles. The van der Waals surface area contributed by atoms with E-state index >= 15 is 0 Å². The molecular formula is C14H16N2O2. The van der Waals surface area contributed by atoms with Crippen LogP contribution in [0, 0.1) is 0 Å². The van der Waals surface area contributed by atoms with Crippen LogP contribution in [0.4, 0.5) is 0 Å². The Bertz CT molecular complexity index is 566. The van der Waals surface area contributed by atoms with Crippen molar-refractivity contribution in [1.82, 2.24) is 0 Å². The van der Waals surface area contributed by atoms with Gasteiger partial charge in [-0.05, 0) is 29.3 Å². The van der Waals surface area contributed by atoms with E-state index < -0.39 is 6.10 Å². The molecule has 0 aliphatic carbocycles. The SMILES string of the molecule is CCC(Oc1ccc2ccccc2c1)/C(N)=N/O. The molecule has 0 bridgehead atoms. The number of fused-ring (bicyclic) bond motifs is 1. The predicted octanol–water partition coefficient (Wildman–Crippen LogP) is 2.74. The lowest BCUT2D eigenvalue weighted by Gasteiger charge is -2.16. The number of nitrogens with two attached hydrogens (primary N) is 1. The fourth-order valence-corrected chi connectivity index (χ4v) is 1.82. The predicted molar refractivity (Wildman–Crippen MR) is 72.1 cm³/mol. The van der Waals surface area contributed by atoms with Crippen LogP contribution in [0.3, 0.4) is 0 Å². The highest BCUT2D eigenvalue weighted by molar-refractivity contribution is 5.85. The fourth-order valence-electron chi connectivity index (χ4n) is 1.82. The van der Waals surface area contributed by atoms with Crippen molar-refractivity contribution in [2.75, 3.05) is 0 Å². The first-order valence-electron chi connectivity index (χ1n) is 5.87. The van der Waals surface area contributed by atoms with Gasteiger partial charge in [0.25, 0.3) is 0 Å². The first-order chi connectivity index (χ1) is 8.74. The molecule has 2 rings (SSSR count). The third kappa shape index (κ3) is 2.53. The van der Waals surface area contributed by atoms with Gasteiger partial charge in [0.2, 0.25) is 0 Å². The second kappa shape index (κ2) is 5.40. The lowest BCUT2D eigenvalue weighted by atomic mass is 10.1. The molecule has 1 unspecified atom stereocenters. The molecule has 0 saturated carbocycles. The Hall–Kier alpha value is -2.23. The van der Waals surface area contributed by atoms with E-state index in [-0.39, 0.29) is 5.84 Å². The van der Waals surface area contributed by atoms with E-state index in [0.717, 1.165) is 10.8 Å². The third-order valence-electron chi connectivity index (χ3n) is 2.82. The van der Waals surface area contributed by atoms with Gasteiger partial charge in [-0.15, -0.1) is 0 Å². The van der Waals surface area contributed by atoms with Crippen LogP contribution in [0.5, 0.6) is 5.75 Å². The van der Waals surface area contributed by atoms with Crippen LogP contribution in [0.25, 0.3) is 10.8 Å². The molecule has 4 heteroatoms. The molecule has 18 heavy (non-hydrogen) atoms. The van der Waals surface area contributed by atoms with Crippen LogP contribution in [0.2, 0.25) is 0 Å². The average Bonchev–Trinajstić information content (AvgIpc) is 2.43. The van der Waals surface area contributed by atoms with Gasteiger partial charge in [0.1, 0.15) is 5.75 Å². The number of benzene rings is 2. The molecule has 0 saturated heterocycles. The van der Waals surface area contributed by atoms with E-state index in [0.29, 0.717) is 12.2 Å². The van der Waals surface area contributed by atoms with Crippen LogP contribution >= 0.6 is 0 Å². The quantitative estimate of drug-likeness (QED) is 0.376. The van der Waals surface area contributed by atoms with E-state index in [4.69, 9.17) is 15.7 Å². The number of hydrogen-bond acceptors (Lipinski definition) is 3. The average molecular weight is 244 g/mol. The Labute approximate surface area is 106 Å². The number of nitrogens with zero attached hydrogens (tertiary/aromatic N) is 1. The fraction of sp³-hybridized carbons (Fsp3) is 0.214. The van der Waals surface area contributed by atoms with Crippen molar-refractivity contribution in [3.05, 3.63) is 42.5 Å². The minimum absolute atomic E-state index is 0.0886. The largest absolute Gasteiger partial charge is 0.482 e. The van der Waals surface area contributed by atoms with Crippen molar-refractivity contribution in [1.29, 1.82) is 0 Å². The highest BCUT2D eigenvalue weighted by Crippen LogP contribution is 2.21. The monoisotopic (exact) mass is 244 g/mol. The van der Waals surface area contributed by atoms with Gasteiger partial charge in [-0.3, -0.25) is 0 Å². The van der Waals surface area contributed by atoms with Gasteiger partial charge in [-0.25, -0.2) is 0 Å². The van der Waals surface area contributed by atoms with Crippen LogP contribution in [0.1, 0.15) is 13.3 Å². The van der Waals surface area contributed by atoms with Gasteiger partial charge in [0.05, 0.1) is 0 Å². The van der Waals surface area contributed by atoms with Gasteiger partial charge in [-0.2, -0.15) is 0 Å². The maximum atomic E-state index is 8.67. The van der Waals surface area contributed by atoms with Gasteiger partial charge in [-0.1, -0.05) is 42.4 Å². The summed E-state index contributed by atoms with van der Waals surface area (Å²) < 4.78 is 5.71. The van der Waals surface area contributed by atoms with E-state index in [9.17, 15) is 0 Å². The lowest BCUT2D eigenvalue weighted by Crippen LogP contribution is -2.33. The minimum Gasteiger partial charge on any atom is -0.482 e. The Balaban J connectivity index is 2.26. The molecule has 3 N–H and O–H groups in total. The minimum atomic E-state index is -0.406. The molecule has 0 fully saturated rings. The normalized spacial score (nSPS) is 13.5. The van der Waals surface area contributed by atoms with Crippen LogP contribution in [0.15, 0.2) is 47.6 Å². The van der Waals surface area contributed by atoms with Gasteiger partial charge < -0.3 is 15.7 Å². The first-order valence-corrected chi connectivity index (χ1v) is 5.87. The van der Waals surface area contributed by atoms with Crippen molar-refractivity contribution in [3.8, 4) is 5.75 Å². The summed E-state index contributed by atoms with van der Waals surface area (Å²) in [6.07, 6.45) is 0.235. The number of ether oxygens (including phenoxy) is 1. The maximum Gasteiger partial charge on any atom is 0.180 e. The lowest BCUT2D eigenvalue weighted by molar-refractivity contribution is 0.247. The Kier molecular flexibility index (Phi) is 3.67. The smallest absolute Gasteiger partial charge is 0.180 e. The Morgan fingerprint density at radius 1 is 1.28 bits per heavy atom. The number of oxime groups is 1. The summed E-state index contributed by atoms with van der Waals surface area (Å²) in [4.78, 5) is 0. The Morgan fingerprint density at radius 2 is 2.00 bits per heavy atom. The highest BCUT2D eigenvalue weighted by atomic mass is 16.5. The second-order valence-corrected chi connectivity index (χ2v) is 4.05. The van der Waals surface area contributed by atoms with Crippen LogP contribution in [-0.2, 0) is 0 Å². The topological polar surface area (TPSA) is 67.8 Å². The maximum absolute atomic E-state index is 8.67. The second-order valence-electron chi connectivity index (χ2n) is 4.05. The summed E-state index contributed by atoms with van der Waals surface area (Å²) in [5.74, 6) is 0.804. The molecule has 0 aliphatic rings. The summed E-state index contributed by atoms with van der Waals surface area (Å²) in [5.41, 5.74) is 5.56. The van der Waals surface area contributed by atoms with E-state index in [1.54, 1.807) is 0 Å². The summed E-state index contributed by atoms with van der Waals surface area (Å²) in [5, 5.41) is 13.9. The molecule has 0 radical (unpaired) electrons. The summed E-state index contributed by atoms with van der Waals surface area (Å²) in [7, 11) is 0. The summed E-state index contributed by atoms with van der Waals surface area (Å²) in [6, 6.07) is 13.9. The van der Waals surface area contributed by atoms with Crippen LogP contribution < -0.4 is 10.5 Å². The van der Waals surface area contributed by atoms with E-state index in [1.807, 2.05) is 49.4 Å². The van der Waals surface area contributed by atoms with Crippen molar-refractivity contribution < 1.29 is 9.94 Å². The molecular weight excluding hydrogens is 228 g/mol. The van der Waals surface area contributed by atoms with Gasteiger partial charge in [0, 0.05) is 0 Å². The standard InChI is InChI=1S/C14H16N2O2/c1-2-13(14(15)16-17)18-12-8-7-10-5-3-4-6-11(10)9-12/h3-9,13,17H,2H2,1H3,(H2,15,16). The zero-order valence-corrected chi connectivity index (χ0v) is 10.2. The van der Waals surface area contributed by atoms with Crippen LogP contribution in [-0.4, -0.2) is 17.1 Å². The highest BCUT2D eigenvalue weighted by Gasteiger charge is 2.13. The number of rotatable bonds is 4. The molecule has 0 amide bonds. The van der Waals surface area contributed by atoms with E-state index in [2.05, 4.69) is 5.16 Å². The molecule has 1 atom stereocenters. The van der Waals surface area contributed by atoms with Gasteiger partial charge >= 0.3 is 0 Å². The molecule has 0 spiro atoms. The zero-order valence-electron chi connectivity index (χ0n) is 10.2. The first kappa shape index (κ1) is 12.2. The molecule has 2 aromatic carbocycles. The van der Waals surface area contributed by atoms with Gasteiger partial charge in [0.15, 0.2) is 11.9 Å². The molecule has 0 aromatic heterocycles. The third-order valence-corrected chi connectivity index (χ3v) is 2.82. The van der Waals surface area contributed by atoms with Crippen molar-refractivity contribution in [2.24, 2.45) is 10.9 Å². The number of hydrogen-bond donors (Lipinski definition) is 2. The molecule has 0 aliphatic heterocycles. The Morgan fingerprint density at radius 3 is 2.67 bits per heavy atom. The number of amidine groups is 1. The van der Waals surface area contributed by atoms with Crippen molar-refractivity contribution in [3.63, 3.8) is 0 Å². The zero-order chi connectivity index (χ0) is 13.0. The molecule has 94 valence electrons. The summed E-state index contributed by atoms with van der Waals surface area (Å²) in [6.45, 7) is 1.92. The molecule has 2 aromatic rings. The van der Waals surface area contributed by atoms with Crippen molar-refractivity contribution in [2.45, 2.75) is 19.4 Å². The summed E-state index contributed by atoms with van der Waals surface area (Å²) >= 11 is 0.